The van der Waals surface area contributed by atoms with Crippen LogP contribution >= 0.6 is 11.8 Å². The summed E-state index contributed by atoms with van der Waals surface area (Å²) in [6.07, 6.45) is 0.547. The van der Waals surface area contributed by atoms with Crippen LogP contribution in [0, 0.1) is 0 Å². The lowest BCUT2D eigenvalue weighted by Crippen LogP contribution is -2.37. The van der Waals surface area contributed by atoms with Crippen LogP contribution in [0.15, 0.2) is 24.3 Å². The molecule has 1 aliphatic heterocycles. The van der Waals surface area contributed by atoms with E-state index in [9.17, 15) is 4.79 Å². The lowest BCUT2D eigenvalue weighted by Gasteiger charge is -2.23. The van der Waals surface area contributed by atoms with Crippen molar-refractivity contribution < 1.29 is 14.3 Å². The van der Waals surface area contributed by atoms with Crippen LogP contribution in [-0.2, 0) is 4.79 Å². The van der Waals surface area contributed by atoms with E-state index < -0.39 is 0 Å². The van der Waals surface area contributed by atoms with Crippen molar-refractivity contribution >= 4 is 17.7 Å². The van der Waals surface area contributed by atoms with E-state index in [-0.39, 0.29) is 11.3 Å². The number of hydrogen-bond acceptors (Lipinski definition) is 4. The number of carbonyl (C=O) groups excluding carboxylic acids is 1. The minimum atomic E-state index is 0.109. The maximum Gasteiger partial charge on any atom is 0.223 e. The first kappa shape index (κ1) is 14.1. The molecule has 5 heteroatoms. The third-order valence-electron chi connectivity index (χ3n) is 3.06. The van der Waals surface area contributed by atoms with Crippen LogP contribution < -0.4 is 9.47 Å². The first-order chi connectivity index (χ1) is 9.26. The first-order valence-electron chi connectivity index (χ1n) is 6.43. The highest BCUT2D eigenvalue weighted by Crippen LogP contribution is 2.29. The molecule has 19 heavy (non-hydrogen) atoms. The molecule has 0 bridgehead atoms. The molecule has 1 heterocycles. The van der Waals surface area contributed by atoms with E-state index in [1.807, 2.05) is 36.1 Å². The Bertz CT molecular complexity index is 438. The topological polar surface area (TPSA) is 38.8 Å². The zero-order valence-electron chi connectivity index (χ0n) is 11.3. The maximum absolute atomic E-state index is 11.8. The number of rotatable bonds is 5. The molecule has 2 rings (SSSR count). The summed E-state index contributed by atoms with van der Waals surface area (Å²) in [6.45, 7) is 3.21. The summed E-state index contributed by atoms with van der Waals surface area (Å²) in [5, 5.41) is 0.109. The molecule has 0 aromatic heterocycles. The molecule has 1 atom stereocenters. The summed E-state index contributed by atoms with van der Waals surface area (Å²) in [6, 6.07) is 7.56. The molecule has 0 aliphatic carbocycles. The van der Waals surface area contributed by atoms with Gasteiger partial charge in [0.2, 0.25) is 5.91 Å². The molecule has 1 aromatic rings. The predicted molar refractivity (Wildman–Crippen MR) is 76.7 cm³/mol. The van der Waals surface area contributed by atoms with Gasteiger partial charge in [-0.05, 0) is 12.1 Å². The van der Waals surface area contributed by atoms with Crippen molar-refractivity contribution in [2.75, 3.05) is 26.0 Å². The molecule has 1 aliphatic rings. The van der Waals surface area contributed by atoms with Gasteiger partial charge in [0.05, 0.1) is 7.11 Å². The first-order valence-corrected chi connectivity index (χ1v) is 7.48. The molecule has 1 unspecified atom stereocenters. The minimum absolute atomic E-state index is 0.109. The van der Waals surface area contributed by atoms with Gasteiger partial charge >= 0.3 is 0 Å². The summed E-state index contributed by atoms with van der Waals surface area (Å²) in [7, 11) is 1.62. The van der Waals surface area contributed by atoms with Gasteiger partial charge in [-0.25, -0.2) is 0 Å². The second-order valence-electron chi connectivity index (χ2n) is 4.23. The number of methoxy groups -OCH3 is 1. The number of benzene rings is 1. The number of nitrogens with zero attached hydrogens (tertiary/aromatic N) is 1. The number of ether oxygens (including phenoxy) is 2. The van der Waals surface area contributed by atoms with Crippen LogP contribution in [0.25, 0.3) is 0 Å². The Morgan fingerprint density at radius 1 is 1.42 bits per heavy atom. The second kappa shape index (κ2) is 6.70. The van der Waals surface area contributed by atoms with Crippen molar-refractivity contribution in [3.8, 4) is 11.5 Å². The Kier molecular flexibility index (Phi) is 4.96. The van der Waals surface area contributed by atoms with Gasteiger partial charge in [0.1, 0.15) is 12.0 Å². The Labute approximate surface area is 118 Å². The molecule has 104 valence electrons. The lowest BCUT2D eigenvalue weighted by molar-refractivity contribution is -0.131. The maximum atomic E-state index is 11.8. The SMILES string of the molecule is CCC(=O)N1CCSC1COc1ccccc1OC. The molecule has 0 radical (unpaired) electrons. The van der Waals surface area contributed by atoms with E-state index in [4.69, 9.17) is 9.47 Å². The highest BCUT2D eigenvalue weighted by molar-refractivity contribution is 8.00. The van der Waals surface area contributed by atoms with Crippen LogP contribution in [0.5, 0.6) is 11.5 Å². The summed E-state index contributed by atoms with van der Waals surface area (Å²) < 4.78 is 11.0. The highest BCUT2D eigenvalue weighted by atomic mass is 32.2. The van der Waals surface area contributed by atoms with Crippen LogP contribution in [0.3, 0.4) is 0 Å². The smallest absolute Gasteiger partial charge is 0.223 e. The van der Waals surface area contributed by atoms with Gasteiger partial charge in [0.25, 0.3) is 0 Å². The summed E-state index contributed by atoms with van der Waals surface area (Å²) >= 11 is 1.77. The van der Waals surface area contributed by atoms with Crippen molar-refractivity contribution in [2.45, 2.75) is 18.7 Å². The number of amides is 1. The monoisotopic (exact) mass is 281 g/mol. The van der Waals surface area contributed by atoms with E-state index >= 15 is 0 Å². The Balaban J connectivity index is 1.96. The number of thioether (sulfide) groups is 1. The Morgan fingerprint density at radius 3 is 2.84 bits per heavy atom. The third kappa shape index (κ3) is 3.35. The second-order valence-corrected chi connectivity index (χ2v) is 5.51. The van der Waals surface area contributed by atoms with E-state index in [0.29, 0.717) is 13.0 Å². The average Bonchev–Trinajstić information content (AvgIpc) is 2.93. The van der Waals surface area contributed by atoms with Gasteiger partial charge in [0, 0.05) is 18.7 Å². The van der Waals surface area contributed by atoms with Crippen LogP contribution in [0.1, 0.15) is 13.3 Å². The summed E-state index contributed by atoms with van der Waals surface area (Å²) in [5.41, 5.74) is 0. The molecule has 0 saturated carbocycles. The molecule has 0 N–H and O–H groups in total. The van der Waals surface area contributed by atoms with Gasteiger partial charge in [0.15, 0.2) is 11.5 Å². The Hall–Kier alpha value is -1.36. The number of para-hydroxylation sites is 2. The highest BCUT2D eigenvalue weighted by Gasteiger charge is 2.29. The van der Waals surface area contributed by atoms with Crippen LogP contribution in [0.2, 0.25) is 0 Å². The van der Waals surface area contributed by atoms with Gasteiger partial charge in [-0.2, -0.15) is 0 Å². The van der Waals surface area contributed by atoms with Crippen molar-refractivity contribution in [3.63, 3.8) is 0 Å². The molecule has 0 spiro atoms. The average molecular weight is 281 g/mol. The quantitative estimate of drug-likeness (QED) is 0.830. The molecule has 1 amide bonds. The van der Waals surface area contributed by atoms with Crippen molar-refractivity contribution in [2.24, 2.45) is 0 Å². The summed E-state index contributed by atoms with van der Waals surface area (Å²) in [5.74, 6) is 2.62. The predicted octanol–water partition coefficient (Wildman–Crippen LogP) is 2.39. The fraction of sp³-hybridized carbons (Fsp3) is 0.500. The molecular weight excluding hydrogens is 262 g/mol. The Morgan fingerprint density at radius 2 is 2.16 bits per heavy atom. The molecule has 1 fully saturated rings. The van der Waals surface area contributed by atoms with E-state index in [1.54, 1.807) is 18.9 Å². The molecule has 4 nitrogen and oxygen atoms in total. The van der Waals surface area contributed by atoms with E-state index in [1.165, 1.54) is 0 Å². The fourth-order valence-electron chi connectivity index (χ4n) is 2.05. The zero-order valence-corrected chi connectivity index (χ0v) is 12.1. The molecule has 1 saturated heterocycles. The molecular formula is C14H19NO3S. The lowest BCUT2D eigenvalue weighted by atomic mass is 10.3. The van der Waals surface area contributed by atoms with Gasteiger partial charge in [-0.15, -0.1) is 11.8 Å². The van der Waals surface area contributed by atoms with Gasteiger partial charge in [-0.3, -0.25) is 4.79 Å². The zero-order chi connectivity index (χ0) is 13.7. The largest absolute Gasteiger partial charge is 0.493 e. The van der Waals surface area contributed by atoms with E-state index in [0.717, 1.165) is 23.8 Å². The molecule has 1 aromatic carbocycles. The number of carbonyl (C=O) groups is 1. The van der Waals surface area contributed by atoms with Gasteiger partial charge < -0.3 is 14.4 Å². The third-order valence-corrected chi connectivity index (χ3v) is 4.26. The van der Waals surface area contributed by atoms with Gasteiger partial charge in [-0.1, -0.05) is 19.1 Å². The van der Waals surface area contributed by atoms with Crippen molar-refractivity contribution in [3.05, 3.63) is 24.3 Å². The van der Waals surface area contributed by atoms with Crippen LogP contribution in [-0.4, -0.2) is 42.2 Å². The van der Waals surface area contributed by atoms with Crippen molar-refractivity contribution in [1.29, 1.82) is 0 Å². The normalized spacial score (nSPS) is 18.4. The van der Waals surface area contributed by atoms with E-state index in [2.05, 4.69) is 0 Å². The summed E-state index contributed by atoms with van der Waals surface area (Å²) in [4.78, 5) is 13.7. The number of hydrogen-bond donors (Lipinski definition) is 0. The van der Waals surface area contributed by atoms with Crippen molar-refractivity contribution in [1.82, 2.24) is 4.90 Å². The van der Waals surface area contributed by atoms with Crippen LogP contribution in [0.4, 0.5) is 0 Å². The minimum Gasteiger partial charge on any atom is -0.493 e. The standard InChI is InChI=1S/C14H19NO3S/c1-3-13(16)15-8-9-19-14(15)10-18-12-7-5-4-6-11(12)17-2/h4-7,14H,3,8-10H2,1-2H3. The fourth-order valence-corrected chi connectivity index (χ4v) is 3.19.